The van der Waals surface area contributed by atoms with Crippen molar-refractivity contribution in [3.63, 3.8) is 0 Å². The van der Waals surface area contributed by atoms with Gasteiger partial charge in [-0.2, -0.15) is 0 Å². The van der Waals surface area contributed by atoms with E-state index >= 15 is 0 Å². The number of carbonyl (C=O) groups excluding carboxylic acids is 2. The molecule has 0 atom stereocenters. The van der Waals surface area contributed by atoms with E-state index in [-0.39, 0.29) is 17.8 Å². The number of likely N-dealkylation sites (tertiary alicyclic amines) is 1. The number of hydrogen-bond donors (Lipinski definition) is 3. The highest BCUT2D eigenvalue weighted by Gasteiger charge is 2.44. The summed E-state index contributed by atoms with van der Waals surface area (Å²) in [5.74, 6) is 0.823. The SMILES string of the molecule is NCc1ccc2c(c1)C1(CCN(C(=O)c3cc4c(B(O)OC=O)cccc4[nH]3)CC1)CO2. The summed E-state index contributed by atoms with van der Waals surface area (Å²) in [6.45, 7) is 2.56. The van der Waals surface area contributed by atoms with Crippen molar-refractivity contribution in [1.29, 1.82) is 0 Å². The first-order valence-electron chi connectivity index (χ1n) is 10.7. The molecular weight excluding hydrogens is 409 g/mol. The summed E-state index contributed by atoms with van der Waals surface area (Å²) in [4.78, 5) is 28.8. The van der Waals surface area contributed by atoms with Gasteiger partial charge in [-0.3, -0.25) is 9.59 Å². The van der Waals surface area contributed by atoms with Crippen LogP contribution in [-0.2, 0) is 21.4 Å². The molecule has 0 bridgehead atoms. The Morgan fingerprint density at radius 1 is 1.28 bits per heavy atom. The number of hydrogen-bond acceptors (Lipinski definition) is 6. The van der Waals surface area contributed by atoms with Crippen LogP contribution in [0.5, 0.6) is 5.75 Å². The smallest absolute Gasteiger partial charge is 0.508 e. The van der Waals surface area contributed by atoms with E-state index in [2.05, 4.69) is 15.7 Å². The molecule has 0 unspecified atom stereocenters. The quantitative estimate of drug-likeness (QED) is 0.409. The van der Waals surface area contributed by atoms with E-state index in [9.17, 15) is 14.6 Å². The number of nitrogens with two attached hydrogens (primary N) is 1. The normalized spacial score (nSPS) is 16.6. The topological polar surface area (TPSA) is 118 Å². The van der Waals surface area contributed by atoms with Crippen LogP contribution in [0.1, 0.15) is 34.5 Å². The average molecular weight is 433 g/mol. The fraction of sp³-hybridized carbons (Fsp3) is 0.304. The molecule has 1 aromatic heterocycles. The molecule has 0 aliphatic carbocycles. The number of fused-ring (bicyclic) bond motifs is 3. The van der Waals surface area contributed by atoms with Gasteiger partial charge in [-0.25, -0.2) is 0 Å². The molecule has 5 rings (SSSR count). The number of amides is 1. The third-order valence-corrected chi connectivity index (χ3v) is 6.74. The number of aromatic nitrogens is 1. The molecule has 4 N–H and O–H groups in total. The zero-order valence-electron chi connectivity index (χ0n) is 17.5. The number of nitrogens with zero attached hydrogens (tertiary/aromatic N) is 1. The summed E-state index contributed by atoms with van der Waals surface area (Å²) >= 11 is 0. The lowest BCUT2D eigenvalue weighted by Crippen LogP contribution is -2.46. The number of piperidine rings is 1. The highest BCUT2D eigenvalue weighted by Crippen LogP contribution is 2.46. The number of carbonyl (C=O) groups is 2. The molecule has 2 aromatic carbocycles. The lowest BCUT2D eigenvalue weighted by Gasteiger charge is -2.38. The lowest BCUT2D eigenvalue weighted by molar-refractivity contribution is -0.121. The van der Waals surface area contributed by atoms with Crippen LogP contribution in [0.15, 0.2) is 42.5 Å². The van der Waals surface area contributed by atoms with Crippen LogP contribution in [0, 0.1) is 0 Å². The second-order valence-electron chi connectivity index (χ2n) is 8.47. The summed E-state index contributed by atoms with van der Waals surface area (Å²) in [6, 6.07) is 13.1. The zero-order chi connectivity index (χ0) is 22.3. The lowest BCUT2D eigenvalue weighted by atomic mass is 9.74. The first-order chi connectivity index (χ1) is 15.5. The van der Waals surface area contributed by atoms with E-state index in [4.69, 9.17) is 10.5 Å². The molecule has 3 heterocycles. The Kier molecular flexibility index (Phi) is 5.15. The van der Waals surface area contributed by atoms with E-state index in [0.29, 0.717) is 48.3 Å². The van der Waals surface area contributed by atoms with Crippen molar-refractivity contribution in [2.24, 2.45) is 5.73 Å². The molecule has 8 nitrogen and oxygen atoms in total. The molecule has 1 spiro atoms. The van der Waals surface area contributed by atoms with Crippen molar-refractivity contribution in [3.05, 3.63) is 59.3 Å². The molecule has 1 fully saturated rings. The Balaban J connectivity index is 1.35. The number of rotatable bonds is 5. The molecule has 2 aliphatic heterocycles. The van der Waals surface area contributed by atoms with E-state index < -0.39 is 7.12 Å². The standard InChI is InChI=1S/C23H24BN3O5/c25-12-15-4-5-21-17(10-15)23(13-31-21)6-8-27(9-7-23)22(29)20-11-16-18(24(30)32-14-28)2-1-3-19(16)26-20/h1-5,10-11,14,26,30H,6-9,12-13,25H2. The number of H-pyrrole nitrogens is 1. The predicted octanol–water partition coefficient (Wildman–Crippen LogP) is 1.05. The van der Waals surface area contributed by atoms with E-state index in [1.165, 1.54) is 5.56 Å². The van der Waals surface area contributed by atoms with Gasteiger partial charge in [0.05, 0.1) is 6.61 Å². The highest BCUT2D eigenvalue weighted by atomic mass is 16.5. The molecule has 164 valence electrons. The number of ether oxygens (including phenoxy) is 1. The summed E-state index contributed by atoms with van der Waals surface area (Å²) < 4.78 is 10.6. The fourth-order valence-electron chi connectivity index (χ4n) is 4.90. The van der Waals surface area contributed by atoms with Crippen molar-refractivity contribution in [1.82, 2.24) is 9.88 Å². The van der Waals surface area contributed by atoms with Gasteiger partial charge in [-0.05, 0) is 36.6 Å². The van der Waals surface area contributed by atoms with E-state index in [1.807, 2.05) is 23.1 Å². The summed E-state index contributed by atoms with van der Waals surface area (Å²) in [5.41, 5.74) is 9.60. The van der Waals surface area contributed by atoms with Gasteiger partial charge < -0.3 is 30.0 Å². The third-order valence-electron chi connectivity index (χ3n) is 6.74. The Morgan fingerprint density at radius 3 is 2.84 bits per heavy atom. The second kappa shape index (κ2) is 8.00. The van der Waals surface area contributed by atoms with Crippen molar-refractivity contribution in [2.75, 3.05) is 19.7 Å². The Bertz CT molecular complexity index is 1190. The maximum Gasteiger partial charge on any atom is 0.562 e. The molecular formula is C23H24BN3O5. The molecule has 0 saturated carbocycles. The predicted molar refractivity (Wildman–Crippen MR) is 120 cm³/mol. The maximum absolute atomic E-state index is 13.2. The van der Waals surface area contributed by atoms with E-state index in [1.54, 1.807) is 18.2 Å². The molecule has 1 saturated heterocycles. The van der Waals surface area contributed by atoms with Crippen molar-refractivity contribution < 1.29 is 24.0 Å². The molecule has 0 radical (unpaired) electrons. The Hall–Kier alpha value is -3.30. The average Bonchev–Trinajstić information content (AvgIpc) is 3.41. The minimum absolute atomic E-state index is 0.0822. The number of aromatic amines is 1. The van der Waals surface area contributed by atoms with Gasteiger partial charge >= 0.3 is 7.12 Å². The molecule has 1 amide bonds. The van der Waals surface area contributed by atoms with Gasteiger partial charge in [0, 0.05) is 47.0 Å². The van der Waals surface area contributed by atoms with Crippen LogP contribution >= 0.6 is 0 Å². The van der Waals surface area contributed by atoms with Gasteiger partial charge in [0.25, 0.3) is 12.4 Å². The summed E-state index contributed by atoms with van der Waals surface area (Å²) in [7, 11) is -1.38. The number of benzene rings is 2. The largest absolute Gasteiger partial charge is 0.562 e. The van der Waals surface area contributed by atoms with Crippen LogP contribution in [0.3, 0.4) is 0 Å². The Morgan fingerprint density at radius 2 is 2.09 bits per heavy atom. The van der Waals surface area contributed by atoms with Crippen molar-refractivity contribution in [2.45, 2.75) is 24.8 Å². The van der Waals surface area contributed by atoms with Crippen LogP contribution in [0.25, 0.3) is 10.9 Å². The van der Waals surface area contributed by atoms with Gasteiger partial charge in [0.15, 0.2) is 0 Å². The van der Waals surface area contributed by atoms with Crippen LogP contribution in [-0.4, -0.2) is 54.1 Å². The maximum atomic E-state index is 13.2. The minimum atomic E-state index is -1.38. The summed E-state index contributed by atoms with van der Waals surface area (Å²) in [6.07, 6.45) is 1.63. The molecule has 32 heavy (non-hydrogen) atoms. The van der Waals surface area contributed by atoms with Crippen molar-refractivity contribution >= 4 is 35.9 Å². The van der Waals surface area contributed by atoms with Crippen LogP contribution in [0.4, 0.5) is 0 Å². The first-order valence-corrected chi connectivity index (χ1v) is 10.7. The van der Waals surface area contributed by atoms with Gasteiger partial charge in [0.1, 0.15) is 11.4 Å². The third kappa shape index (κ3) is 3.34. The molecule has 9 heteroatoms. The van der Waals surface area contributed by atoms with Gasteiger partial charge in [0.2, 0.25) is 0 Å². The fourth-order valence-corrected chi connectivity index (χ4v) is 4.90. The highest BCUT2D eigenvalue weighted by molar-refractivity contribution is 6.64. The van der Waals surface area contributed by atoms with Crippen molar-refractivity contribution in [3.8, 4) is 5.75 Å². The van der Waals surface area contributed by atoms with Gasteiger partial charge in [-0.1, -0.05) is 24.3 Å². The van der Waals surface area contributed by atoms with Gasteiger partial charge in [-0.15, -0.1) is 0 Å². The summed E-state index contributed by atoms with van der Waals surface area (Å²) in [5, 5.41) is 10.7. The minimum Gasteiger partial charge on any atom is -0.508 e. The number of nitrogens with one attached hydrogen (secondary N) is 1. The van der Waals surface area contributed by atoms with E-state index in [0.717, 1.165) is 24.2 Å². The second-order valence-corrected chi connectivity index (χ2v) is 8.47. The Labute approximate surface area is 185 Å². The zero-order valence-corrected chi connectivity index (χ0v) is 17.5. The first kappa shape index (κ1) is 20.6. The molecule has 3 aromatic rings. The molecule has 2 aliphatic rings. The van der Waals surface area contributed by atoms with Crippen LogP contribution < -0.4 is 15.9 Å². The van der Waals surface area contributed by atoms with Crippen LogP contribution in [0.2, 0.25) is 0 Å². The monoisotopic (exact) mass is 433 g/mol.